The van der Waals surface area contributed by atoms with Gasteiger partial charge in [-0.3, -0.25) is 9.10 Å². The van der Waals surface area contributed by atoms with Crippen molar-refractivity contribution in [3.63, 3.8) is 0 Å². The van der Waals surface area contributed by atoms with Crippen LogP contribution in [0.4, 0.5) is 11.4 Å². The SMILES string of the molecule is COc1ccc(Cl)cc1N(CC(=O)N1c2ccccc2CC1C)S(C)(=O)=O. The number of carbonyl (C=O) groups is 1. The molecule has 1 heterocycles. The van der Waals surface area contributed by atoms with E-state index >= 15 is 0 Å². The molecular weight excluding hydrogens is 388 g/mol. The number of amides is 1. The average Bonchev–Trinajstić information content (AvgIpc) is 2.94. The van der Waals surface area contributed by atoms with Crippen LogP contribution in [-0.2, 0) is 21.2 Å². The first kappa shape index (κ1) is 19.5. The molecule has 1 amide bonds. The van der Waals surface area contributed by atoms with Crippen LogP contribution in [0.3, 0.4) is 0 Å². The summed E-state index contributed by atoms with van der Waals surface area (Å²) in [6.07, 6.45) is 1.79. The van der Waals surface area contributed by atoms with Crippen molar-refractivity contribution < 1.29 is 17.9 Å². The summed E-state index contributed by atoms with van der Waals surface area (Å²) in [6, 6.07) is 12.3. The van der Waals surface area contributed by atoms with Gasteiger partial charge in [0.05, 0.1) is 19.1 Å². The van der Waals surface area contributed by atoms with Crippen molar-refractivity contribution in [3.8, 4) is 5.75 Å². The Labute approximate surface area is 164 Å². The Balaban J connectivity index is 1.98. The summed E-state index contributed by atoms with van der Waals surface area (Å²) in [5.74, 6) is 0.0207. The van der Waals surface area contributed by atoms with Crippen molar-refractivity contribution in [2.45, 2.75) is 19.4 Å². The molecule has 0 bridgehead atoms. The molecule has 1 aliphatic rings. The number of ether oxygens (including phenoxy) is 1. The number of fused-ring (bicyclic) bond motifs is 1. The van der Waals surface area contributed by atoms with E-state index in [1.807, 2.05) is 31.2 Å². The van der Waals surface area contributed by atoms with Gasteiger partial charge in [-0.25, -0.2) is 8.42 Å². The number of hydrogen-bond acceptors (Lipinski definition) is 4. The average molecular weight is 409 g/mol. The van der Waals surface area contributed by atoms with Gasteiger partial charge < -0.3 is 9.64 Å². The highest BCUT2D eigenvalue weighted by Crippen LogP contribution is 2.35. The highest BCUT2D eigenvalue weighted by molar-refractivity contribution is 7.92. The highest BCUT2D eigenvalue weighted by atomic mass is 35.5. The number of carbonyl (C=O) groups excluding carboxylic acids is 1. The van der Waals surface area contributed by atoms with Crippen LogP contribution in [0.25, 0.3) is 0 Å². The first-order chi connectivity index (χ1) is 12.7. The maximum atomic E-state index is 13.1. The van der Waals surface area contributed by atoms with Crippen LogP contribution >= 0.6 is 11.6 Å². The molecule has 0 fully saturated rings. The van der Waals surface area contributed by atoms with Crippen molar-refractivity contribution in [2.75, 3.05) is 29.1 Å². The van der Waals surface area contributed by atoms with Gasteiger partial charge in [0.15, 0.2) is 0 Å². The number of nitrogens with zero attached hydrogens (tertiary/aromatic N) is 2. The maximum Gasteiger partial charge on any atom is 0.248 e. The second-order valence-electron chi connectivity index (χ2n) is 6.53. The molecular formula is C19H21ClN2O4S. The second-order valence-corrected chi connectivity index (χ2v) is 8.87. The van der Waals surface area contributed by atoms with E-state index in [4.69, 9.17) is 16.3 Å². The van der Waals surface area contributed by atoms with Crippen molar-refractivity contribution in [1.29, 1.82) is 0 Å². The number of benzene rings is 2. The van der Waals surface area contributed by atoms with Gasteiger partial charge in [-0.15, -0.1) is 0 Å². The predicted molar refractivity (Wildman–Crippen MR) is 107 cm³/mol. The maximum absolute atomic E-state index is 13.1. The van der Waals surface area contributed by atoms with Crippen molar-refractivity contribution in [3.05, 3.63) is 53.1 Å². The lowest BCUT2D eigenvalue weighted by atomic mass is 10.1. The van der Waals surface area contributed by atoms with E-state index in [1.54, 1.807) is 17.0 Å². The fourth-order valence-corrected chi connectivity index (χ4v) is 4.40. The lowest BCUT2D eigenvalue weighted by molar-refractivity contribution is -0.117. The normalized spacial score (nSPS) is 16.1. The number of anilines is 2. The molecule has 6 nitrogen and oxygen atoms in total. The van der Waals surface area contributed by atoms with Gasteiger partial charge in [0.1, 0.15) is 12.3 Å². The summed E-state index contributed by atoms with van der Waals surface area (Å²) in [5, 5.41) is 0.354. The molecule has 0 aromatic heterocycles. The summed E-state index contributed by atoms with van der Waals surface area (Å²) >= 11 is 6.05. The summed E-state index contributed by atoms with van der Waals surface area (Å²) in [5.41, 5.74) is 2.13. The minimum Gasteiger partial charge on any atom is -0.495 e. The quantitative estimate of drug-likeness (QED) is 0.762. The Morgan fingerprint density at radius 2 is 2.00 bits per heavy atom. The molecule has 0 saturated carbocycles. The Morgan fingerprint density at radius 1 is 1.30 bits per heavy atom. The topological polar surface area (TPSA) is 66.9 Å². The monoisotopic (exact) mass is 408 g/mol. The van der Waals surface area contributed by atoms with Crippen molar-refractivity contribution >= 4 is 38.9 Å². The predicted octanol–water partition coefficient (Wildman–Crippen LogP) is 3.09. The molecule has 0 saturated heterocycles. The molecule has 0 spiro atoms. The smallest absolute Gasteiger partial charge is 0.248 e. The number of sulfonamides is 1. The summed E-state index contributed by atoms with van der Waals surface area (Å²) in [7, 11) is -2.30. The summed E-state index contributed by atoms with van der Waals surface area (Å²) in [4.78, 5) is 14.7. The Morgan fingerprint density at radius 3 is 2.67 bits per heavy atom. The van der Waals surface area contributed by atoms with Gasteiger partial charge in [0.2, 0.25) is 15.9 Å². The number of halogens is 1. The molecule has 0 N–H and O–H groups in total. The summed E-state index contributed by atoms with van der Waals surface area (Å²) < 4.78 is 31.2. The third-order valence-electron chi connectivity index (χ3n) is 4.56. The van der Waals surface area contributed by atoms with E-state index in [2.05, 4.69) is 0 Å². The molecule has 0 aliphatic carbocycles. The minimum absolute atomic E-state index is 0.0439. The Bertz CT molecular complexity index is 977. The van der Waals surface area contributed by atoms with Crippen molar-refractivity contribution in [2.24, 2.45) is 0 Å². The molecule has 144 valence electrons. The van der Waals surface area contributed by atoms with E-state index in [0.29, 0.717) is 10.8 Å². The largest absolute Gasteiger partial charge is 0.495 e. The van der Waals surface area contributed by atoms with Crippen LogP contribution in [0.5, 0.6) is 5.75 Å². The first-order valence-corrected chi connectivity index (χ1v) is 10.7. The minimum atomic E-state index is -3.74. The van der Waals surface area contributed by atoms with E-state index < -0.39 is 10.0 Å². The van der Waals surface area contributed by atoms with Gasteiger partial charge >= 0.3 is 0 Å². The molecule has 1 atom stereocenters. The molecule has 27 heavy (non-hydrogen) atoms. The zero-order valence-electron chi connectivity index (χ0n) is 15.3. The Hall–Kier alpha value is -2.25. The fourth-order valence-electron chi connectivity index (χ4n) is 3.38. The fraction of sp³-hybridized carbons (Fsp3) is 0.316. The summed E-state index contributed by atoms with van der Waals surface area (Å²) in [6.45, 7) is 1.61. The Kier molecular flexibility index (Phi) is 5.35. The molecule has 3 rings (SSSR count). The number of para-hydroxylation sites is 1. The van der Waals surface area contributed by atoms with Gasteiger partial charge in [0, 0.05) is 16.8 Å². The van der Waals surface area contributed by atoms with E-state index in [1.165, 1.54) is 13.2 Å². The van der Waals surface area contributed by atoms with E-state index in [-0.39, 0.29) is 24.2 Å². The van der Waals surface area contributed by atoms with Crippen LogP contribution in [0.1, 0.15) is 12.5 Å². The lowest BCUT2D eigenvalue weighted by Crippen LogP contribution is -2.45. The standard InChI is InChI=1S/C19H21ClN2O4S/c1-13-10-14-6-4-5-7-16(14)22(13)19(23)12-21(27(3,24)25)17-11-15(20)8-9-18(17)26-2/h4-9,11,13H,10,12H2,1-3H3. The lowest BCUT2D eigenvalue weighted by Gasteiger charge is -2.28. The van der Waals surface area contributed by atoms with Gasteiger partial charge in [-0.2, -0.15) is 0 Å². The van der Waals surface area contributed by atoms with Gasteiger partial charge in [0.25, 0.3) is 0 Å². The van der Waals surface area contributed by atoms with Crippen LogP contribution in [0.2, 0.25) is 5.02 Å². The van der Waals surface area contributed by atoms with Crippen molar-refractivity contribution in [1.82, 2.24) is 0 Å². The van der Waals surface area contributed by atoms with E-state index in [0.717, 1.165) is 28.2 Å². The van der Waals surface area contributed by atoms with Crippen LogP contribution < -0.4 is 13.9 Å². The molecule has 1 unspecified atom stereocenters. The highest BCUT2D eigenvalue weighted by Gasteiger charge is 2.33. The number of rotatable bonds is 5. The molecule has 2 aromatic rings. The third kappa shape index (κ3) is 3.89. The zero-order valence-corrected chi connectivity index (χ0v) is 16.9. The first-order valence-electron chi connectivity index (χ1n) is 8.43. The van der Waals surface area contributed by atoms with Crippen LogP contribution in [0.15, 0.2) is 42.5 Å². The number of methoxy groups -OCH3 is 1. The number of hydrogen-bond donors (Lipinski definition) is 0. The zero-order chi connectivity index (χ0) is 19.8. The van der Waals surface area contributed by atoms with Crippen LogP contribution in [-0.4, -0.2) is 40.3 Å². The molecule has 2 aromatic carbocycles. The second kappa shape index (κ2) is 7.40. The molecule has 1 aliphatic heterocycles. The van der Waals surface area contributed by atoms with Gasteiger partial charge in [-0.05, 0) is 43.2 Å². The molecule has 0 radical (unpaired) electrons. The van der Waals surface area contributed by atoms with Crippen LogP contribution in [0, 0.1) is 0 Å². The third-order valence-corrected chi connectivity index (χ3v) is 5.93. The molecule has 8 heteroatoms. The van der Waals surface area contributed by atoms with Gasteiger partial charge in [-0.1, -0.05) is 29.8 Å². The van der Waals surface area contributed by atoms with E-state index in [9.17, 15) is 13.2 Å².